The first-order valence-electron chi connectivity index (χ1n) is 6.61. The molecule has 2 unspecified atom stereocenters. The normalized spacial score (nSPS) is 22.2. The van der Waals surface area contributed by atoms with Crippen LogP contribution in [0.1, 0.15) is 6.92 Å². The van der Waals surface area contributed by atoms with E-state index in [9.17, 15) is 9.18 Å². The van der Waals surface area contributed by atoms with Gasteiger partial charge in [-0.1, -0.05) is 15.9 Å². The van der Waals surface area contributed by atoms with E-state index < -0.39 is 5.82 Å². The maximum atomic E-state index is 13.6. The lowest BCUT2D eigenvalue weighted by Gasteiger charge is -2.36. The zero-order valence-corrected chi connectivity index (χ0v) is 13.2. The molecule has 0 bridgehead atoms. The number of rotatable bonds is 4. The van der Waals surface area contributed by atoms with Crippen molar-refractivity contribution < 1.29 is 23.8 Å². The highest BCUT2D eigenvalue weighted by atomic mass is 79.9. The molecular formula is C14H17BrFNO4. The number of nitrogens with zero attached hydrogens (tertiary/aromatic N) is 1. The van der Waals surface area contributed by atoms with Gasteiger partial charge < -0.3 is 19.5 Å². The van der Waals surface area contributed by atoms with E-state index in [2.05, 4.69) is 15.9 Å². The van der Waals surface area contributed by atoms with Crippen molar-refractivity contribution in [3.8, 4) is 5.75 Å². The van der Waals surface area contributed by atoms with Crippen LogP contribution in [-0.2, 0) is 9.53 Å². The van der Waals surface area contributed by atoms with Gasteiger partial charge in [-0.2, -0.15) is 0 Å². The summed E-state index contributed by atoms with van der Waals surface area (Å²) in [6.07, 6.45) is -0.536. The minimum Gasteiger partial charge on any atom is -0.481 e. The molecule has 1 aliphatic heterocycles. The second-order valence-electron chi connectivity index (χ2n) is 4.91. The molecule has 0 aromatic heterocycles. The summed E-state index contributed by atoms with van der Waals surface area (Å²) in [6.45, 7) is 2.18. The molecular weight excluding hydrogens is 345 g/mol. The fraction of sp³-hybridized carbons (Fsp3) is 0.500. The third-order valence-electron chi connectivity index (χ3n) is 3.13. The Bertz CT molecular complexity index is 514. The second-order valence-corrected chi connectivity index (χ2v) is 5.83. The molecule has 1 aliphatic rings. The highest BCUT2D eigenvalue weighted by Crippen LogP contribution is 2.21. The molecule has 2 atom stereocenters. The maximum absolute atomic E-state index is 13.6. The van der Waals surface area contributed by atoms with Gasteiger partial charge in [0.25, 0.3) is 5.91 Å². The topological polar surface area (TPSA) is 59.0 Å². The monoisotopic (exact) mass is 361 g/mol. The van der Waals surface area contributed by atoms with Crippen LogP contribution in [0, 0.1) is 5.82 Å². The predicted octanol–water partition coefficient (Wildman–Crippen LogP) is 1.58. The molecule has 1 aromatic rings. The van der Waals surface area contributed by atoms with Gasteiger partial charge in [0.1, 0.15) is 0 Å². The number of carbonyl (C=O) groups is 1. The van der Waals surface area contributed by atoms with Crippen LogP contribution >= 0.6 is 15.9 Å². The Morgan fingerprint density at radius 3 is 3.00 bits per heavy atom. The Morgan fingerprint density at radius 1 is 1.57 bits per heavy atom. The van der Waals surface area contributed by atoms with Gasteiger partial charge >= 0.3 is 0 Å². The molecule has 7 heteroatoms. The Morgan fingerprint density at radius 2 is 2.33 bits per heavy atom. The predicted molar refractivity (Wildman–Crippen MR) is 77.6 cm³/mol. The lowest BCUT2D eigenvalue weighted by molar-refractivity contribution is -0.149. The zero-order valence-electron chi connectivity index (χ0n) is 11.6. The molecule has 21 heavy (non-hydrogen) atoms. The quantitative estimate of drug-likeness (QED) is 0.884. The summed E-state index contributed by atoms with van der Waals surface area (Å²) >= 11 is 3.15. The van der Waals surface area contributed by atoms with E-state index in [1.165, 1.54) is 12.1 Å². The van der Waals surface area contributed by atoms with E-state index in [1.807, 2.05) is 6.92 Å². The summed E-state index contributed by atoms with van der Waals surface area (Å²) < 4.78 is 24.9. The molecule has 1 amide bonds. The lowest BCUT2D eigenvalue weighted by atomic mass is 10.2. The van der Waals surface area contributed by atoms with Crippen LogP contribution < -0.4 is 4.74 Å². The number of halogens is 2. The highest BCUT2D eigenvalue weighted by molar-refractivity contribution is 9.10. The Labute approximate surface area is 130 Å². The van der Waals surface area contributed by atoms with Crippen molar-refractivity contribution in [2.45, 2.75) is 19.1 Å². The van der Waals surface area contributed by atoms with Gasteiger partial charge in [0, 0.05) is 17.6 Å². The van der Waals surface area contributed by atoms with Crippen molar-refractivity contribution in [1.82, 2.24) is 4.90 Å². The molecule has 1 heterocycles. The van der Waals surface area contributed by atoms with Crippen LogP contribution in [0.4, 0.5) is 4.39 Å². The van der Waals surface area contributed by atoms with Gasteiger partial charge in [-0.25, -0.2) is 4.39 Å². The molecule has 2 rings (SSSR count). The first-order chi connectivity index (χ1) is 9.99. The van der Waals surface area contributed by atoms with Crippen molar-refractivity contribution in [3.05, 3.63) is 28.5 Å². The Kier molecular flexibility index (Phi) is 5.55. The highest BCUT2D eigenvalue weighted by Gasteiger charge is 2.28. The van der Waals surface area contributed by atoms with E-state index in [0.717, 1.165) is 0 Å². The van der Waals surface area contributed by atoms with E-state index in [0.29, 0.717) is 17.6 Å². The van der Waals surface area contributed by atoms with Gasteiger partial charge in [-0.15, -0.1) is 0 Å². The number of hydrogen-bond acceptors (Lipinski definition) is 4. The molecule has 0 saturated carbocycles. The maximum Gasteiger partial charge on any atom is 0.260 e. The van der Waals surface area contributed by atoms with E-state index in [4.69, 9.17) is 14.6 Å². The first-order valence-corrected chi connectivity index (χ1v) is 7.41. The Balaban J connectivity index is 1.92. The van der Waals surface area contributed by atoms with Crippen molar-refractivity contribution in [3.63, 3.8) is 0 Å². The van der Waals surface area contributed by atoms with Gasteiger partial charge in [0.15, 0.2) is 18.2 Å². The minimum atomic E-state index is -0.527. The van der Waals surface area contributed by atoms with Gasteiger partial charge in [0.2, 0.25) is 0 Å². The number of hydrogen-bond donors (Lipinski definition) is 1. The molecule has 1 aromatic carbocycles. The average molecular weight is 362 g/mol. The van der Waals surface area contributed by atoms with Gasteiger partial charge in [-0.3, -0.25) is 4.79 Å². The number of aliphatic hydroxyl groups excluding tert-OH is 1. The molecule has 0 spiro atoms. The number of amides is 1. The third kappa shape index (κ3) is 4.39. The summed E-state index contributed by atoms with van der Waals surface area (Å²) in [5.41, 5.74) is 0. The van der Waals surface area contributed by atoms with Crippen molar-refractivity contribution in [1.29, 1.82) is 0 Å². The van der Waals surface area contributed by atoms with Gasteiger partial charge in [0.05, 0.1) is 18.8 Å². The smallest absolute Gasteiger partial charge is 0.260 e. The molecule has 0 aliphatic carbocycles. The number of morpholine rings is 1. The van der Waals surface area contributed by atoms with Crippen molar-refractivity contribution in [2.75, 3.05) is 26.3 Å². The molecule has 1 saturated heterocycles. The SMILES string of the molecule is CC1CN(C(=O)COc2ccc(Br)cc2F)CC(CO)O1. The minimum absolute atomic E-state index is 0.0339. The molecule has 5 nitrogen and oxygen atoms in total. The summed E-state index contributed by atoms with van der Waals surface area (Å²) in [6, 6.07) is 4.38. The van der Waals surface area contributed by atoms with E-state index in [1.54, 1.807) is 11.0 Å². The fourth-order valence-electron chi connectivity index (χ4n) is 2.17. The zero-order chi connectivity index (χ0) is 15.4. The molecule has 116 valence electrons. The third-order valence-corrected chi connectivity index (χ3v) is 3.62. The first kappa shape index (κ1) is 16.2. The Hall–Kier alpha value is -1.18. The molecule has 1 N–H and O–H groups in total. The van der Waals surface area contributed by atoms with Crippen LogP contribution in [0.2, 0.25) is 0 Å². The van der Waals surface area contributed by atoms with Crippen molar-refractivity contribution >= 4 is 21.8 Å². The molecule has 1 fully saturated rings. The number of carbonyl (C=O) groups excluding carboxylic acids is 1. The van der Waals surface area contributed by atoms with E-state index in [-0.39, 0.29) is 37.1 Å². The number of aliphatic hydroxyl groups is 1. The standard InChI is InChI=1S/C14H17BrFNO4/c1-9-5-17(6-11(7-18)21-9)14(19)8-20-13-3-2-10(15)4-12(13)16/h2-4,9,11,18H,5-8H2,1H3. The fourth-order valence-corrected chi connectivity index (χ4v) is 2.51. The largest absolute Gasteiger partial charge is 0.481 e. The summed E-state index contributed by atoms with van der Waals surface area (Å²) in [4.78, 5) is 13.7. The average Bonchev–Trinajstić information content (AvgIpc) is 2.45. The summed E-state index contributed by atoms with van der Waals surface area (Å²) in [7, 11) is 0. The lowest BCUT2D eigenvalue weighted by Crippen LogP contribution is -2.51. The summed E-state index contributed by atoms with van der Waals surface area (Å²) in [5.74, 6) is -0.752. The summed E-state index contributed by atoms with van der Waals surface area (Å²) in [5, 5.41) is 9.13. The van der Waals surface area contributed by atoms with Gasteiger partial charge in [-0.05, 0) is 25.1 Å². The van der Waals surface area contributed by atoms with Crippen LogP contribution in [0.3, 0.4) is 0 Å². The van der Waals surface area contributed by atoms with E-state index >= 15 is 0 Å². The van der Waals surface area contributed by atoms with Crippen LogP contribution in [0.15, 0.2) is 22.7 Å². The van der Waals surface area contributed by atoms with Crippen LogP contribution in [0.25, 0.3) is 0 Å². The van der Waals surface area contributed by atoms with Crippen LogP contribution in [-0.4, -0.2) is 54.4 Å². The van der Waals surface area contributed by atoms with Crippen LogP contribution in [0.5, 0.6) is 5.75 Å². The van der Waals surface area contributed by atoms with Crippen molar-refractivity contribution in [2.24, 2.45) is 0 Å². The molecule has 0 radical (unpaired) electrons. The number of ether oxygens (including phenoxy) is 2. The second kappa shape index (κ2) is 7.20. The number of benzene rings is 1.